The Morgan fingerprint density at radius 3 is 2.94 bits per heavy atom. The van der Waals surface area contributed by atoms with Crippen LogP contribution in [0.2, 0.25) is 5.15 Å². The molecule has 2 rings (SSSR count). The Balaban J connectivity index is 2.22. The minimum atomic E-state index is -0.392. The molecule has 0 fully saturated rings. The van der Waals surface area contributed by atoms with Crippen molar-refractivity contribution in [3.63, 3.8) is 0 Å². The lowest BCUT2D eigenvalue weighted by Crippen LogP contribution is -2.13. The highest BCUT2D eigenvalue weighted by molar-refractivity contribution is 9.10. The summed E-state index contributed by atoms with van der Waals surface area (Å²) < 4.78 is 5.50. The molecule has 1 amide bonds. The third kappa shape index (κ3) is 2.83. The van der Waals surface area contributed by atoms with Gasteiger partial charge in [-0.1, -0.05) is 16.8 Å². The zero-order valence-corrected chi connectivity index (χ0v) is 11.0. The summed E-state index contributed by atoms with van der Waals surface area (Å²) in [6.45, 7) is 1.73. The molecule has 7 heteroatoms. The first kappa shape index (κ1) is 12.1. The Bertz CT molecular complexity index is 570. The molecule has 17 heavy (non-hydrogen) atoms. The molecule has 2 aromatic rings. The van der Waals surface area contributed by atoms with Crippen molar-refractivity contribution in [1.29, 1.82) is 0 Å². The van der Waals surface area contributed by atoms with E-state index >= 15 is 0 Å². The molecule has 0 aromatic carbocycles. The van der Waals surface area contributed by atoms with Crippen LogP contribution in [-0.2, 0) is 0 Å². The maximum absolute atomic E-state index is 11.9. The minimum absolute atomic E-state index is 0.130. The fraction of sp³-hybridized carbons (Fsp3) is 0.100. The highest BCUT2D eigenvalue weighted by Gasteiger charge is 2.13. The molecule has 0 unspecified atom stereocenters. The van der Waals surface area contributed by atoms with Gasteiger partial charge in [-0.05, 0) is 28.9 Å². The third-order valence-electron chi connectivity index (χ3n) is 1.92. The number of anilines is 1. The standard InChI is InChI=1S/C10H7BrClN3O2/c1-5-2-8(15-17-5)14-10(16)7-3-6(11)4-13-9(7)12/h2-4H,1H3,(H,14,15,16). The van der Waals surface area contributed by atoms with Gasteiger partial charge < -0.3 is 9.84 Å². The number of hydrogen-bond donors (Lipinski definition) is 1. The Morgan fingerprint density at radius 2 is 2.29 bits per heavy atom. The minimum Gasteiger partial charge on any atom is -0.360 e. The highest BCUT2D eigenvalue weighted by atomic mass is 79.9. The molecule has 0 aliphatic carbocycles. The SMILES string of the molecule is Cc1cc(NC(=O)c2cc(Br)cnc2Cl)no1. The van der Waals surface area contributed by atoms with Crippen LogP contribution in [0.1, 0.15) is 16.1 Å². The van der Waals surface area contributed by atoms with E-state index in [2.05, 4.69) is 31.4 Å². The van der Waals surface area contributed by atoms with Gasteiger partial charge in [0.1, 0.15) is 10.9 Å². The van der Waals surface area contributed by atoms with Crippen molar-refractivity contribution in [1.82, 2.24) is 10.1 Å². The van der Waals surface area contributed by atoms with Crippen LogP contribution in [0, 0.1) is 6.92 Å². The van der Waals surface area contributed by atoms with Crippen LogP contribution in [-0.4, -0.2) is 16.0 Å². The maximum Gasteiger partial charge on any atom is 0.260 e. The van der Waals surface area contributed by atoms with Gasteiger partial charge in [0.05, 0.1) is 5.56 Å². The summed E-state index contributed by atoms with van der Waals surface area (Å²) in [4.78, 5) is 15.7. The topological polar surface area (TPSA) is 68.0 Å². The summed E-state index contributed by atoms with van der Waals surface area (Å²) in [7, 11) is 0. The van der Waals surface area contributed by atoms with E-state index in [0.717, 1.165) is 0 Å². The second kappa shape index (κ2) is 4.85. The van der Waals surface area contributed by atoms with Gasteiger partial charge in [-0.25, -0.2) is 4.98 Å². The van der Waals surface area contributed by atoms with Crippen molar-refractivity contribution >= 4 is 39.3 Å². The normalized spacial score (nSPS) is 10.3. The van der Waals surface area contributed by atoms with E-state index in [-0.39, 0.29) is 10.7 Å². The number of aryl methyl sites for hydroxylation is 1. The fourth-order valence-corrected chi connectivity index (χ4v) is 1.71. The lowest BCUT2D eigenvalue weighted by molar-refractivity contribution is 0.102. The van der Waals surface area contributed by atoms with E-state index < -0.39 is 5.91 Å². The van der Waals surface area contributed by atoms with Crippen molar-refractivity contribution in [2.45, 2.75) is 6.92 Å². The zero-order valence-electron chi connectivity index (χ0n) is 8.70. The fourth-order valence-electron chi connectivity index (χ4n) is 1.19. The molecule has 0 aliphatic heterocycles. The number of carbonyl (C=O) groups is 1. The van der Waals surface area contributed by atoms with Gasteiger partial charge in [0.2, 0.25) is 0 Å². The lowest BCUT2D eigenvalue weighted by atomic mass is 10.2. The molecular formula is C10H7BrClN3O2. The predicted molar refractivity (Wildman–Crippen MR) is 66.1 cm³/mol. The van der Waals surface area contributed by atoms with Crippen LogP contribution >= 0.6 is 27.5 Å². The summed E-state index contributed by atoms with van der Waals surface area (Å²) in [6.07, 6.45) is 1.51. The molecule has 0 aliphatic rings. The maximum atomic E-state index is 11.9. The summed E-state index contributed by atoms with van der Waals surface area (Å²) in [5.41, 5.74) is 0.265. The quantitative estimate of drug-likeness (QED) is 0.865. The molecule has 0 radical (unpaired) electrons. The Kier molecular flexibility index (Phi) is 3.44. The van der Waals surface area contributed by atoms with Gasteiger partial charge in [0.15, 0.2) is 5.82 Å². The van der Waals surface area contributed by atoms with Crippen LogP contribution in [0.3, 0.4) is 0 Å². The summed E-state index contributed by atoms with van der Waals surface area (Å²) in [5, 5.41) is 6.34. The van der Waals surface area contributed by atoms with E-state index in [0.29, 0.717) is 16.1 Å². The van der Waals surface area contributed by atoms with Crippen LogP contribution in [0.25, 0.3) is 0 Å². The molecular weight excluding hydrogens is 309 g/mol. The number of nitrogens with zero attached hydrogens (tertiary/aromatic N) is 2. The lowest BCUT2D eigenvalue weighted by Gasteiger charge is -2.03. The van der Waals surface area contributed by atoms with E-state index in [1.54, 1.807) is 19.1 Å². The number of halogens is 2. The number of rotatable bonds is 2. The first-order chi connectivity index (χ1) is 8.06. The zero-order chi connectivity index (χ0) is 12.4. The first-order valence-electron chi connectivity index (χ1n) is 4.62. The number of carbonyl (C=O) groups excluding carboxylic acids is 1. The molecule has 1 N–H and O–H groups in total. The van der Waals surface area contributed by atoms with Crippen molar-refractivity contribution in [2.24, 2.45) is 0 Å². The average Bonchev–Trinajstić information content (AvgIpc) is 2.67. The molecule has 0 saturated carbocycles. The van der Waals surface area contributed by atoms with E-state index in [9.17, 15) is 4.79 Å². The molecule has 2 aromatic heterocycles. The predicted octanol–water partition coefficient (Wildman–Crippen LogP) is 3.05. The van der Waals surface area contributed by atoms with Crippen molar-refractivity contribution < 1.29 is 9.32 Å². The summed E-state index contributed by atoms with van der Waals surface area (Å²) >= 11 is 9.04. The van der Waals surface area contributed by atoms with Crippen LogP contribution in [0.4, 0.5) is 5.82 Å². The summed E-state index contributed by atoms with van der Waals surface area (Å²) in [5.74, 6) is 0.555. The van der Waals surface area contributed by atoms with Crippen molar-refractivity contribution in [3.05, 3.63) is 39.3 Å². The van der Waals surface area contributed by atoms with Gasteiger partial charge in [-0.15, -0.1) is 0 Å². The molecule has 88 valence electrons. The number of aromatic nitrogens is 2. The second-order valence-corrected chi connectivity index (χ2v) is 4.54. The van der Waals surface area contributed by atoms with Gasteiger partial charge in [-0.2, -0.15) is 0 Å². The van der Waals surface area contributed by atoms with Gasteiger partial charge in [0, 0.05) is 16.7 Å². The Morgan fingerprint density at radius 1 is 1.53 bits per heavy atom. The molecule has 2 heterocycles. The van der Waals surface area contributed by atoms with Crippen LogP contribution < -0.4 is 5.32 Å². The smallest absolute Gasteiger partial charge is 0.260 e. The third-order valence-corrected chi connectivity index (χ3v) is 2.65. The number of amides is 1. The van der Waals surface area contributed by atoms with Gasteiger partial charge in [0.25, 0.3) is 5.91 Å². The van der Waals surface area contributed by atoms with Crippen LogP contribution in [0.5, 0.6) is 0 Å². The molecule has 0 atom stereocenters. The van der Waals surface area contributed by atoms with Gasteiger partial charge in [-0.3, -0.25) is 4.79 Å². The molecule has 0 bridgehead atoms. The van der Waals surface area contributed by atoms with Crippen LogP contribution in [0.15, 0.2) is 27.3 Å². The Labute approximate surface area is 110 Å². The highest BCUT2D eigenvalue weighted by Crippen LogP contribution is 2.19. The Hall–Kier alpha value is -1.40. The largest absolute Gasteiger partial charge is 0.360 e. The monoisotopic (exact) mass is 315 g/mol. The molecule has 0 saturated heterocycles. The molecule has 0 spiro atoms. The van der Waals surface area contributed by atoms with Gasteiger partial charge >= 0.3 is 0 Å². The first-order valence-corrected chi connectivity index (χ1v) is 5.79. The number of hydrogen-bond acceptors (Lipinski definition) is 4. The van der Waals surface area contributed by atoms with Crippen molar-refractivity contribution in [2.75, 3.05) is 5.32 Å². The van der Waals surface area contributed by atoms with Crippen molar-refractivity contribution in [3.8, 4) is 0 Å². The summed E-state index contributed by atoms with van der Waals surface area (Å²) in [6, 6.07) is 3.19. The number of nitrogens with one attached hydrogen (secondary N) is 1. The van der Waals surface area contributed by atoms with E-state index in [1.165, 1.54) is 6.20 Å². The molecule has 5 nitrogen and oxygen atoms in total. The second-order valence-electron chi connectivity index (χ2n) is 3.27. The number of pyridine rings is 1. The van der Waals surface area contributed by atoms with E-state index in [4.69, 9.17) is 16.1 Å². The van der Waals surface area contributed by atoms with E-state index in [1.807, 2.05) is 0 Å². The average molecular weight is 317 g/mol.